The van der Waals surface area contributed by atoms with E-state index >= 15 is 0 Å². The lowest BCUT2D eigenvalue weighted by molar-refractivity contribution is -0.0618. The third-order valence-electron chi connectivity index (χ3n) is 17.0. The summed E-state index contributed by atoms with van der Waals surface area (Å²) >= 11 is 12.5. The van der Waals surface area contributed by atoms with Crippen molar-refractivity contribution in [2.45, 2.75) is 146 Å². The number of benzene rings is 2. The van der Waals surface area contributed by atoms with E-state index in [9.17, 15) is 19.3 Å². The molecule has 4 aromatic heterocycles. The molecule has 0 saturated carbocycles. The molecule has 2 bridgehead atoms. The highest BCUT2D eigenvalue weighted by atomic mass is 32.5. The molecule has 0 radical (unpaired) electrons. The van der Waals surface area contributed by atoms with Crippen LogP contribution in [0.2, 0.25) is 36.3 Å². The van der Waals surface area contributed by atoms with Crippen molar-refractivity contribution < 1.29 is 60.2 Å². The molecule has 31 heteroatoms. The van der Waals surface area contributed by atoms with Crippen LogP contribution in [0, 0.1) is 6.57 Å². The van der Waals surface area contributed by atoms with Gasteiger partial charge in [0.1, 0.15) is 67.6 Å². The lowest BCUT2D eigenvalue weighted by atomic mass is 10.1. The van der Waals surface area contributed by atoms with Gasteiger partial charge in [-0.05, 0) is 103 Å². The third-order valence-corrected chi connectivity index (χ3v) is 29.9. The first-order chi connectivity index (χ1) is 42.0. The number of anilines is 1. The first-order valence-electron chi connectivity index (χ1n) is 29.3. The Bertz CT molecular complexity index is 3820. The molecule has 89 heavy (non-hydrogen) atoms. The normalized spacial score (nSPS) is 26.3. The van der Waals surface area contributed by atoms with Crippen LogP contribution in [0.3, 0.4) is 0 Å². The predicted molar refractivity (Wildman–Crippen MR) is 346 cm³/mol. The standard InChI is InChI=1S/C58H77N11O14P2S2Si2/c1-57(2,3)88(10,11)82-45-41-32-76-84(73,86)80-44-40(78-54(47(44)83-89(12,13)58(4,5)6)68-31-39-25-20-27-66(48-42(39)49(68)61-34-60-48)51(70)37-21-16-14-17-22-37)33-77-85(87,75-29-26-59-7)81-46(45)53(79-41)69-36-62-43-50(69)64-56(63-35-65(8)9)67(52(43)71)28-30-74-55(72)38-23-18-15-19-24-38/h14-19,21-24,31,34-36,40-41,44-47,53-54H,20,25-30,32-33H2,1-6,8-13H3,(H,73,86)/b63-35+/t40-,41-,44-,45-,46-,47-,53-,54-,84?,85?/m1/s1. The molecule has 3 fully saturated rings. The molecular formula is C58H77N11O14P2S2Si2. The van der Waals surface area contributed by atoms with E-state index in [4.69, 9.17) is 90.8 Å². The molecular weight excluding hydrogens is 1260 g/mol. The summed E-state index contributed by atoms with van der Waals surface area (Å²) in [4.78, 5) is 85.0. The summed E-state index contributed by atoms with van der Waals surface area (Å²) in [6.07, 6.45) is -1.69. The molecule has 10 atom stereocenters. The van der Waals surface area contributed by atoms with Gasteiger partial charge in [0, 0.05) is 32.4 Å². The first-order valence-corrected chi connectivity index (χ1v) is 40.3. The van der Waals surface area contributed by atoms with Crippen LogP contribution in [0.1, 0.15) is 86.7 Å². The number of carbonyl (C=O) groups excluding carboxylic acids is 2. The molecule has 6 aromatic rings. The largest absolute Gasteiger partial charge is 0.460 e. The fourth-order valence-corrected chi connectivity index (χ4v) is 16.5. The number of rotatable bonds is 16. The summed E-state index contributed by atoms with van der Waals surface area (Å²) in [5.74, 6) is -0.373. The Morgan fingerprint density at radius 2 is 1.49 bits per heavy atom. The van der Waals surface area contributed by atoms with Crippen molar-refractivity contribution in [2.24, 2.45) is 4.99 Å². The Morgan fingerprint density at radius 1 is 0.843 bits per heavy atom. The molecule has 0 spiro atoms. The van der Waals surface area contributed by atoms with Gasteiger partial charge >= 0.3 is 19.4 Å². The second-order valence-electron chi connectivity index (χ2n) is 25.5. The number of imidazole rings is 1. The Balaban J connectivity index is 1.06. The molecule has 1 N–H and O–H groups in total. The number of hydrogen-bond donors (Lipinski definition) is 1. The molecule has 25 nitrogen and oxygen atoms in total. The number of aliphatic imine (C=N–C) groups is 1. The van der Waals surface area contributed by atoms with E-state index in [1.807, 2.05) is 29.0 Å². The number of aromatic nitrogens is 7. The van der Waals surface area contributed by atoms with Crippen LogP contribution in [0.5, 0.6) is 0 Å². The second-order valence-corrected chi connectivity index (χ2v) is 40.7. The van der Waals surface area contributed by atoms with E-state index in [0.29, 0.717) is 47.4 Å². The molecule has 2 aromatic carbocycles. The van der Waals surface area contributed by atoms with Crippen molar-refractivity contribution in [1.29, 1.82) is 0 Å². The summed E-state index contributed by atoms with van der Waals surface area (Å²) in [5, 5.41) is -0.0690. The number of fused-ring (bicyclic) bond motifs is 4. The van der Waals surface area contributed by atoms with E-state index in [1.54, 1.807) is 66.4 Å². The summed E-state index contributed by atoms with van der Waals surface area (Å²) in [5.41, 5.74) is 1.55. The second kappa shape index (κ2) is 26.3. The van der Waals surface area contributed by atoms with Crippen molar-refractivity contribution >= 4 is 106 Å². The first kappa shape index (κ1) is 66.6. The Kier molecular flexibility index (Phi) is 19.7. The molecule has 478 valence electrons. The number of esters is 1. The quantitative estimate of drug-likeness (QED) is 0.0180. The fourth-order valence-electron chi connectivity index (χ4n) is 10.4. The maximum atomic E-state index is 14.7. The van der Waals surface area contributed by atoms with Gasteiger partial charge in [-0.2, -0.15) is 4.98 Å². The number of carbonyl (C=O) groups is 2. The number of aryl methyl sites for hydroxylation is 1. The van der Waals surface area contributed by atoms with Gasteiger partial charge < -0.3 is 55.8 Å². The molecule has 1 amide bonds. The van der Waals surface area contributed by atoms with Crippen molar-refractivity contribution in [2.75, 3.05) is 58.5 Å². The topological polar surface area (TPSA) is 253 Å². The highest BCUT2D eigenvalue weighted by Crippen LogP contribution is 2.58. The maximum Gasteiger partial charge on any atom is 0.338 e. The zero-order chi connectivity index (χ0) is 64.0. The predicted octanol–water partition coefficient (Wildman–Crippen LogP) is 9.48. The van der Waals surface area contributed by atoms with Gasteiger partial charge in [0.25, 0.3) is 11.5 Å². The Labute approximate surface area is 529 Å². The molecule has 8 heterocycles. The molecule has 0 aliphatic carbocycles. The third kappa shape index (κ3) is 14.2. The van der Waals surface area contributed by atoms with Crippen LogP contribution in [-0.4, -0.2) is 169 Å². The van der Waals surface area contributed by atoms with Crippen LogP contribution in [-0.2, 0) is 82.3 Å². The minimum atomic E-state index is -4.39. The summed E-state index contributed by atoms with van der Waals surface area (Å²) in [6.45, 7) is 19.0. The SMILES string of the molecule is [C-]#[N+]CCOP1(=S)OC[C@H]2O[C@@H](n3cc4c5c(ncnc53)N(C(=O)c3ccccc3)CCC4)[C@H](O[Si](C)(C)C(C)(C)C)[C@@H]2OP(O)(=S)OC[C@H]2O[C@@H](n3cnc4c(=O)n(CCOC(=O)c5ccccc5)c(/N=C/N(C)C)nc43)[C@H](O1)[C@@H]2O[Si](C)(C)C(C)(C)C. The van der Waals surface area contributed by atoms with Crippen LogP contribution >= 0.6 is 13.4 Å². The minimum Gasteiger partial charge on any atom is -0.460 e. The van der Waals surface area contributed by atoms with Gasteiger partial charge in [0.2, 0.25) is 12.5 Å². The van der Waals surface area contributed by atoms with E-state index in [-0.39, 0.29) is 59.4 Å². The monoisotopic (exact) mass is 1330 g/mol. The van der Waals surface area contributed by atoms with Crippen LogP contribution < -0.4 is 10.5 Å². The highest BCUT2D eigenvalue weighted by molar-refractivity contribution is 8.07. The lowest BCUT2D eigenvalue weighted by Crippen LogP contribution is -2.50. The van der Waals surface area contributed by atoms with Crippen LogP contribution in [0.4, 0.5) is 11.8 Å². The molecule has 10 rings (SSSR count). The van der Waals surface area contributed by atoms with E-state index in [1.165, 1.54) is 28.1 Å². The van der Waals surface area contributed by atoms with E-state index in [0.717, 1.165) is 5.56 Å². The van der Waals surface area contributed by atoms with Gasteiger partial charge in [-0.3, -0.25) is 32.7 Å². The van der Waals surface area contributed by atoms with Crippen molar-refractivity contribution in [3.8, 4) is 0 Å². The summed E-state index contributed by atoms with van der Waals surface area (Å²) in [7, 11) is -2.15. The molecule has 4 aliphatic rings. The van der Waals surface area contributed by atoms with E-state index in [2.05, 4.69) is 82.6 Å². The zero-order valence-corrected chi connectivity index (χ0v) is 57.4. The van der Waals surface area contributed by atoms with Crippen LogP contribution in [0.25, 0.3) is 27.0 Å². The lowest BCUT2D eigenvalue weighted by Gasteiger charge is -2.41. The van der Waals surface area contributed by atoms with Crippen molar-refractivity contribution in [3.05, 3.63) is 118 Å². The summed E-state index contributed by atoms with van der Waals surface area (Å²) in [6, 6.07) is 17.5. The number of hydrogen-bond acceptors (Lipinski definition) is 20. The van der Waals surface area contributed by atoms with Gasteiger partial charge in [0.15, 0.2) is 40.3 Å². The summed E-state index contributed by atoms with van der Waals surface area (Å²) < 4.78 is 72.7. The number of nitrogens with zero attached hydrogens (tertiary/aromatic N) is 11. The number of ether oxygens (including phenoxy) is 3. The van der Waals surface area contributed by atoms with Gasteiger partial charge in [-0.25, -0.2) is 31.3 Å². The molecule has 4 aliphatic heterocycles. The Hall–Kier alpha value is -5.36. The zero-order valence-electron chi connectivity index (χ0n) is 52.0. The maximum absolute atomic E-state index is 14.7. The van der Waals surface area contributed by atoms with Crippen molar-refractivity contribution in [1.82, 2.24) is 38.5 Å². The van der Waals surface area contributed by atoms with Gasteiger partial charge in [-0.1, -0.05) is 77.9 Å². The smallest absolute Gasteiger partial charge is 0.338 e. The average Bonchev–Trinajstić information content (AvgIpc) is 1.62. The average molecular weight is 1330 g/mol. The van der Waals surface area contributed by atoms with Gasteiger partial charge in [-0.15, -0.1) is 0 Å². The molecule has 2 unspecified atom stereocenters. The van der Waals surface area contributed by atoms with Crippen LogP contribution in [0.15, 0.2) is 89.3 Å². The highest BCUT2D eigenvalue weighted by Gasteiger charge is 2.58. The van der Waals surface area contributed by atoms with Crippen molar-refractivity contribution in [3.63, 3.8) is 0 Å². The van der Waals surface area contributed by atoms with Gasteiger partial charge in [0.05, 0.1) is 43.4 Å². The molecule has 3 saturated heterocycles. The fraction of sp³-hybridized carbons (Fsp3) is 0.534. The Morgan fingerprint density at radius 3 is 2.16 bits per heavy atom. The van der Waals surface area contributed by atoms with E-state index < -0.39 is 104 Å². The number of amides is 1. The minimum absolute atomic E-state index is 0.0325.